The maximum atomic E-state index is 13.1. The molecule has 2 N–H and O–H groups in total. The van der Waals surface area contributed by atoms with E-state index in [2.05, 4.69) is 10.6 Å². The van der Waals surface area contributed by atoms with Gasteiger partial charge in [0, 0.05) is 5.69 Å². The van der Waals surface area contributed by atoms with Crippen LogP contribution in [0.1, 0.15) is 46.6 Å². The maximum Gasteiger partial charge on any atom is 0.262 e. The van der Waals surface area contributed by atoms with Gasteiger partial charge in [-0.05, 0) is 55.2 Å². The number of hydrogen-bond donors (Lipinski definition) is 2. The summed E-state index contributed by atoms with van der Waals surface area (Å²) in [4.78, 5) is 38.1. The molecule has 1 unspecified atom stereocenters. The lowest BCUT2D eigenvalue weighted by atomic mass is 9.92. The molecular weight excluding hydrogens is 432 g/mol. The molecule has 158 valence electrons. The van der Waals surface area contributed by atoms with Crippen LogP contribution < -0.4 is 10.6 Å². The zero-order valence-corrected chi connectivity index (χ0v) is 18.4. The molecule has 3 aromatic rings. The number of halogens is 1. The number of benzene rings is 2. The van der Waals surface area contributed by atoms with Gasteiger partial charge in [-0.3, -0.25) is 14.4 Å². The van der Waals surface area contributed by atoms with Crippen molar-refractivity contribution in [1.29, 1.82) is 0 Å². The topological polar surface area (TPSA) is 75.3 Å². The van der Waals surface area contributed by atoms with Gasteiger partial charge in [0.25, 0.3) is 11.8 Å². The Labute approximate surface area is 189 Å². The minimum Gasteiger partial charge on any atom is -0.336 e. The minimum atomic E-state index is -0.874. The van der Waals surface area contributed by atoms with Gasteiger partial charge in [0.1, 0.15) is 11.8 Å². The second-order valence-electron chi connectivity index (χ2n) is 7.63. The molecule has 1 aromatic heterocycles. The molecule has 1 aliphatic carbocycles. The van der Waals surface area contributed by atoms with Crippen LogP contribution in [-0.2, 0) is 15.0 Å². The van der Waals surface area contributed by atoms with Crippen molar-refractivity contribution in [2.24, 2.45) is 0 Å². The number of thiophene rings is 1. The van der Waals surface area contributed by atoms with Crippen LogP contribution in [0.5, 0.6) is 0 Å². The Morgan fingerprint density at radius 1 is 0.968 bits per heavy atom. The highest BCUT2D eigenvalue weighted by atomic mass is 35.5. The van der Waals surface area contributed by atoms with E-state index in [9.17, 15) is 14.4 Å². The molecule has 0 spiro atoms. The van der Waals surface area contributed by atoms with Crippen LogP contribution in [0, 0.1) is 0 Å². The summed E-state index contributed by atoms with van der Waals surface area (Å²) in [6.45, 7) is 1.62. The lowest BCUT2D eigenvalue weighted by molar-refractivity contribution is -0.119. The van der Waals surface area contributed by atoms with E-state index in [4.69, 9.17) is 11.6 Å². The van der Waals surface area contributed by atoms with Crippen LogP contribution in [0.4, 0.5) is 5.69 Å². The number of amides is 2. The van der Waals surface area contributed by atoms with Crippen molar-refractivity contribution in [2.45, 2.75) is 31.2 Å². The number of carbonyl (C=O) groups is 3. The first-order valence-corrected chi connectivity index (χ1v) is 11.1. The average Bonchev–Trinajstić information content (AvgIpc) is 3.48. The van der Waals surface area contributed by atoms with Crippen molar-refractivity contribution >= 4 is 46.2 Å². The van der Waals surface area contributed by atoms with Gasteiger partial charge in [0.2, 0.25) is 0 Å². The van der Waals surface area contributed by atoms with E-state index in [0.717, 1.165) is 29.7 Å². The Morgan fingerprint density at radius 2 is 1.65 bits per heavy atom. The number of carbonyl (C=O) groups excluding carboxylic acids is 3. The third-order valence-corrected chi connectivity index (χ3v) is 6.83. The molecule has 0 aliphatic heterocycles. The Morgan fingerprint density at radius 3 is 2.19 bits per heavy atom. The fourth-order valence-electron chi connectivity index (χ4n) is 3.64. The lowest BCUT2D eigenvalue weighted by Gasteiger charge is -2.19. The molecule has 0 radical (unpaired) electrons. The van der Waals surface area contributed by atoms with Crippen LogP contribution in [0.2, 0.25) is 4.34 Å². The Hall–Kier alpha value is -2.96. The van der Waals surface area contributed by atoms with Crippen molar-refractivity contribution in [3.8, 4) is 0 Å². The third kappa shape index (κ3) is 4.55. The second-order valence-corrected chi connectivity index (χ2v) is 9.34. The van der Waals surface area contributed by atoms with E-state index in [-0.39, 0.29) is 23.0 Å². The summed E-state index contributed by atoms with van der Waals surface area (Å²) < 4.78 is 0.505. The number of rotatable bonds is 7. The van der Waals surface area contributed by atoms with Crippen LogP contribution in [-0.4, -0.2) is 17.6 Å². The summed E-state index contributed by atoms with van der Waals surface area (Å²) >= 11 is 7.09. The van der Waals surface area contributed by atoms with Crippen LogP contribution in [0.25, 0.3) is 0 Å². The standard InChI is InChI=1S/C24H21ClN2O3S/c1-15(28)24(13-14-24)17-7-9-18(10-8-17)26-23(30)21(16-5-3-2-4-6-16)27-22(29)19-11-12-20(25)31-19/h2-12,21H,13-14H2,1H3,(H,26,30)(H,27,29). The molecule has 1 aliphatic rings. The first kappa shape index (κ1) is 21.3. The molecule has 5 nitrogen and oxygen atoms in total. The summed E-state index contributed by atoms with van der Waals surface area (Å²) in [5, 5.41) is 5.67. The highest BCUT2D eigenvalue weighted by molar-refractivity contribution is 7.18. The summed E-state index contributed by atoms with van der Waals surface area (Å²) in [7, 11) is 0. The summed E-state index contributed by atoms with van der Waals surface area (Å²) in [5.41, 5.74) is 1.88. The molecule has 7 heteroatoms. The van der Waals surface area contributed by atoms with Gasteiger partial charge < -0.3 is 10.6 Å². The van der Waals surface area contributed by atoms with E-state index < -0.39 is 6.04 Å². The predicted molar refractivity (Wildman–Crippen MR) is 123 cm³/mol. The third-order valence-electron chi connectivity index (χ3n) is 5.60. The first-order chi connectivity index (χ1) is 14.9. The van der Waals surface area contributed by atoms with Crippen LogP contribution in [0.15, 0.2) is 66.7 Å². The molecule has 31 heavy (non-hydrogen) atoms. The van der Waals surface area contributed by atoms with Crippen molar-refractivity contribution in [2.75, 3.05) is 5.32 Å². The largest absolute Gasteiger partial charge is 0.336 e. The Balaban J connectivity index is 1.52. The molecule has 4 rings (SSSR count). The Bertz CT molecular complexity index is 1120. The van der Waals surface area contributed by atoms with Crippen molar-refractivity contribution < 1.29 is 14.4 Å². The van der Waals surface area contributed by atoms with E-state index in [0.29, 0.717) is 20.5 Å². The van der Waals surface area contributed by atoms with Crippen LogP contribution in [0.3, 0.4) is 0 Å². The lowest BCUT2D eigenvalue weighted by Crippen LogP contribution is -2.36. The smallest absolute Gasteiger partial charge is 0.262 e. The van der Waals surface area contributed by atoms with E-state index in [1.165, 1.54) is 0 Å². The fraction of sp³-hybridized carbons (Fsp3) is 0.208. The normalized spacial score (nSPS) is 15.0. The number of nitrogens with one attached hydrogen (secondary N) is 2. The SMILES string of the molecule is CC(=O)C1(c2ccc(NC(=O)C(NC(=O)c3ccc(Cl)s3)c3ccccc3)cc2)CC1. The van der Waals surface area contributed by atoms with Gasteiger partial charge in [0.05, 0.1) is 14.6 Å². The van der Waals surface area contributed by atoms with Gasteiger partial charge in [-0.1, -0.05) is 54.1 Å². The average molecular weight is 453 g/mol. The van der Waals surface area contributed by atoms with Crippen molar-refractivity contribution in [3.63, 3.8) is 0 Å². The highest BCUT2D eigenvalue weighted by Crippen LogP contribution is 2.49. The second kappa shape index (κ2) is 8.65. The van der Waals surface area contributed by atoms with E-state index in [1.54, 1.807) is 43.3 Å². The molecule has 1 heterocycles. The molecule has 2 aromatic carbocycles. The summed E-state index contributed by atoms with van der Waals surface area (Å²) in [6, 6.07) is 18.8. The molecule has 1 saturated carbocycles. The minimum absolute atomic E-state index is 0.171. The van der Waals surface area contributed by atoms with E-state index >= 15 is 0 Å². The van der Waals surface area contributed by atoms with Gasteiger partial charge in [0.15, 0.2) is 0 Å². The quantitative estimate of drug-likeness (QED) is 0.521. The molecular formula is C24H21ClN2O3S. The summed E-state index contributed by atoms with van der Waals surface area (Å²) in [5.74, 6) is -0.555. The number of Topliss-reactive ketones (excluding diaryl/α,β-unsaturated/α-hetero) is 1. The molecule has 0 bridgehead atoms. The zero-order chi connectivity index (χ0) is 22.0. The monoisotopic (exact) mass is 452 g/mol. The van der Waals surface area contributed by atoms with Crippen LogP contribution >= 0.6 is 22.9 Å². The predicted octanol–water partition coefficient (Wildman–Crippen LogP) is 5.13. The van der Waals surface area contributed by atoms with Gasteiger partial charge in [-0.2, -0.15) is 0 Å². The van der Waals surface area contributed by atoms with E-state index in [1.807, 2.05) is 30.3 Å². The molecule has 1 fully saturated rings. The molecule has 0 saturated heterocycles. The first-order valence-electron chi connectivity index (χ1n) is 9.93. The van der Waals surface area contributed by atoms with Gasteiger partial charge in [-0.25, -0.2) is 0 Å². The zero-order valence-electron chi connectivity index (χ0n) is 16.9. The van der Waals surface area contributed by atoms with Gasteiger partial charge >= 0.3 is 0 Å². The maximum absolute atomic E-state index is 13.1. The molecule has 1 atom stereocenters. The van der Waals surface area contributed by atoms with Crippen molar-refractivity contribution in [3.05, 3.63) is 87.1 Å². The Kier molecular flexibility index (Phi) is 5.94. The summed E-state index contributed by atoms with van der Waals surface area (Å²) in [6.07, 6.45) is 1.73. The number of hydrogen-bond acceptors (Lipinski definition) is 4. The fourth-order valence-corrected chi connectivity index (χ4v) is 4.59. The highest BCUT2D eigenvalue weighted by Gasteiger charge is 2.48. The van der Waals surface area contributed by atoms with Crippen molar-refractivity contribution in [1.82, 2.24) is 5.32 Å². The van der Waals surface area contributed by atoms with Gasteiger partial charge in [-0.15, -0.1) is 11.3 Å². The number of anilines is 1. The molecule has 2 amide bonds. The number of ketones is 1.